The summed E-state index contributed by atoms with van der Waals surface area (Å²) >= 11 is 0. The Morgan fingerprint density at radius 3 is 2.19 bits per heavy atom. The quantitative estimate of drug-likeness (QED) is 0.362. The highest BCUT2D eigenvalue weighted by molar-refractivity contribution is 6.30. The lowest BCUT2D eigenvalue weighted by molar-refractivity contribution is -0.138. The fraction of sp³-hybridized carbons (Fsp3) is 0.115. The van der Waals surface area contributed by atoms with Crippen molar-refractivity contribution in [2.75, 3.05) is 11.9 Å². The molecule has 5 nitrogen and oxygen atoms in total. The number of ketones is 2. The Morgan fingerprint density at radius 1 is 0.871 bits per heavy atom. The molecule has 0 fully saturated rings. The van der Waals surface area contributed by atoms with Crippen molar-refractivity contribution >= 4 is 28.9 Å². The first kappa shape index (κ1) is 20.3. The van der Waals surface area contributed by atoms with Gasteiger partial charge in [0.15, 0.2) is 11.6 Å². The second kappa shape index (κ2) is 8.40. The molecule has 0 saturated heterocycles. The molecule has 1 N–H and O–H groups in total. The van der Waals surface area contributed by atoms with E-state index in [1.807, 2.05) is 24.3 Å². The highest BCUT2D eigenvalue weighted by Crippen LogP contribution is 2.33. The topological polar surface area (TPSA) is 72.5 Å². The van der Waals surface area contributed by atoms with Crippen molar-refractivity contribution in [3.8, 4) is 0 Å². The van der Waals surface area contributed by atoms with Gasteiger partial charge in [-0.1, -0.05) is 55.1 Å². The summed E-state index contributed by atoms with van der Waals surface area (Å²) in [6.45, 7) is 5.45. The zero-order valence-electron chi connectivity index (χ0n) is 17.1. The van der Waals surface area contributed by atoms with E-state index < -0.39 is 5.97 Å². The molecule has 3 aromatic carbocycles. The maximum Gasteiger partial charge on any atom is 0.333 e. The fourth-order valence-electron chi connectivity index (χ4n) is 3.54. The molecule has 154 valence electrons. The first-order chi connectivity index (χ1) is 15.0. The molecule has 0 aromatic heterocycles. The lowest BCUT2D eigenvalue weighted by Crippen LogP contribution is -2.22. The molecule has 0 radical (unpaired) electrons. The second-order valence-corrected chi connectivity index (χ2v) is 7.42. The first-order valence-electron chi connectivity index (χ1n) is 9.96. The van der Waals surface area contributed by atoms with Gasteiger partial charge in [0.05, 0.1) is 17.9 Å². The number of carbonyl (C=O) groups is 3. The van der Waals surface area contributed by atoms with Crippen LogP contribution < -0.4 is 5.32 Å². The van der Waals surface area contributed by atoms with Gasteiger partial charge in [-0.05, 0) is 30.7 Å². The van der Waals surface area contributed by atoms with Crippen molar-refractivity contribution in [1.29, 1.82) is 0 Å². The summed E-state index contributed by atoms with van der Waals surface area (Å²) in [6.07, 6.45) is 0.587. The molecular weight excluding hydrogens is 390 g/mol. The standard InChI is InChI=1S/C26H21NO4/c1-16(2)26(30)31-15-14-17-10-12-18(13-11-17)27-22-9-5-8-21-23(22)25(29)20-7-4-3-6-19(20)24(21)28/h3-13,27H,1,14-15H2,2H3. The predicted molar refractivity (Wildman–Crippen MR) is 119 cm³/mol. The van der Waals surface area contributed by atoms with Crippen molar-refractivity contribution in [2.24, 2.45) is 0 Å². The highest BCUT2D eigenvalue weighted by Gasteiger charge is 2.31. The van der Waals surface area contributed by atoms with E-state index in [1.54, 1.807) is 49.4 Å². The Balaban J connectivity index is 1.52. The van der Waals surface area contributed by atoms with E-state index in [4.69, 9.17) is 4.74 Å². The van der Waals surface area contributed by atoms with Crippen LogP contribution in [0.25, 0.3) is 0 Å². The zero-order chi connectivity index (χ0) is 22.0. The third-order valence-electron chi connectivity index (χ3n) is 5.16. The van der Waals surface area contributed by atoms with E-state index in [-0.39, 0.29) is 18.2 Å². The Hall–Kier alpha value is -3.99. The maximum absolute atomic E-state index is 13.1. The summed E-state index contributed by atoms with van der Waals surface area (Å²) in [6, 6.07) is 19.8. The average Bonchev–Trinajstić information content (AvgIpc) is 2.78. The molecule has 1 aliphatic carbocycles. The van der Waals surface area contributed by atoms with Crippen LogP contribution >= 0.6 is 0 Å². The number of anilines is 2. The summed E-state index contributed by atoms with van der Waals surface area (Å²) in [7, 11) is 0. The number of ether oxygens (including phenoxy) is 1. The minimum Gasteiger partial charge on any atom is -0.462 e. The third kappa shape index (κ3) is 4.03. The van der Waals surface area contributed by atoms with Gasteiger partial charge in [-0.15, -0.1) is 0 Å². The number of rotatable bonds is 6. The molecule has 0 bridgehead atoms. The minimum absolute atomic E-state index is 0.145. The molecule has 0 heterocycles. The Kier molecular flexibility index (Phi) is 5.50. The van der Waals surface area contributed by atoms with Gasteiger partial charge in [-0.2, -0.15) is 0 Å². The minimum atomic E-state index is -0.395. The molecule has 0 amide bonds. The Morgan fingerprint density at radius 2 is 1.52 bits per heavy atom. The predicted octanol–water partition coefficient (Wildman–Crippen LogP) is 4.87. The van der Waals surface area contributed by atoms with Gasteiger partial charge in [0, 0.05) is 34.4 Å². The molecule has 0 unspecified atom stereocenters. The Bertz CT molecular complexity index is 1210. The van der Waals surface area contributed by atoms with Crippen LogP contribution in [0.3, 0.4) is 0 Å². The molecule has 5 heteroatoms. The summed E-state index contributed by atoms with van der Waals surface area (Å²) in [5, 5.41) is 3.26. The first-order valence-corrected chi connectivity index (χ1v) is 9.96. The van der Waals surface area contributed by atoms with Gasteiger partial charge >= 0.3 is 5.97 Å². The van der Waals surface area contributed by atoms with Crippen molar-refractivity contribution in [3.05, 3.63) is 107 Å². The summed E-state index contributed by atoms with van der Waals surface area (Å²) in [4.78, 5) is 37.4. The van der Waals surface area contributed by atoms with Crippen LogP contribution in [-0.2, 0) is 16.0 Å². The van der Waals surface area contributed by atoms with Gasteiger partial charge in [0.1, 0.15) is 0 Å². The fourth-order valence-corrected chi connectivity index (χ4v) is 3.54. The van der Waals surface area contributed by atoms with Crippen molar-refractivity contribution in [2.45, 2.75) is 13.3 Å². The number of hydrogen-bond acceptors (Lipinski definition) is 5. The van der Waals surface area contributed by atoms with E-state index >= 15 is 0 Å². The number of fused-ring (bicyclic) bond motifs is 2. The van der Waals surface area contributed by atoms with E-state index in [0.717, 1.165) is 11.3 Å². The van der Waals surface area contributed by atoms with Gasteiger partial charge in [-0.25, -0.2) is 4.79 Å². The van der Waals surface area contributed by atoms with Crippen LogP contribution in [0, 0.1) is 0 Å². The SMILES string of the molecule is C=C(C)C(=O)OCCc1ccc(Nc2cccc3c2C(=O)c2ccccc2C3=O)cc1. The number of nitrogens with one attached hydrogen (secondary N) is 1. The number of carbonyl (C=O) groups excluding carboxylic acids is 3. The van der Waals surface area contributed by atoms with Crippen molar-refractivity contribution < 1.29 is 19.1 Å². The van der Waals surface area contributed by atoms with Crippen molar-refractivity contribution in [1.82, 2.24) is 0 Å². The van der Waals surface area contributed by atoms with E-state index in [1.165, 1.54) is 0 Å². The van der Waals surface area contributed by atoms with E-state index in [2.05, 4.69) is 11.9 Å². The van der Waals surface area contributed by atoms with Gasteiger partial charge in [-0.3, -0.25) is 9.59 Å². The van der Waals surface area contributed by atoms with E-state index in [0.29, 0.717) is 39.9 Å². The van der Waals surface area contributed by atoms with Gasteiger partial charge in [0.25, 0.3) is 0 Å². The molecule has 3 aromatic rings. The molecule has 31 heavy (non-hydrogen) atoms. The van der Waals surface area contributed by atoms with Crippen LogP contribution in [0.2, 0.25) is 0 Å². The molecule has 0 atom stereocenters. The Labute approximate surface area is 180 Å². The highest BCUT2D eigenvalue weighted by atomic mass is 16.5. The molecular formula is C26H21NO4. The van der Waals surface area contributed by atoms with Crippen LogP contribution in [0.4, 0.5) is 11.4 Å². The molecule has 0 aliphatic heterocycles. The molecule has 0 spiro atoms. The molecule has 4 rings (SSSR count). The normalized spacial score (nSPS) is 12.0. The average molecular weight is 411 g/mol. The maximum atomic E-state index is 13.1. The van der Waals surface area contributed by atoms with Crippen LogP contribution in [0.1, 0.15) is 44.3 Å². The summed E-state index contributed by atoms with van der Waals surface area (Å²) < 4.78 is 5.12. The van der Waals surface area contributed by atoms with Crippen LogP contribution in [-0.4, -0.2) is 24.1 Å². The smallest absolute Gasteiger partial charge is 0.333 e. The van der Waals surface area contributed by atoms with Gasteiger partial charge < -0.3 is 10.1 Å². The number of hydrogen-bond donors (Lipinski definition) is 1. The summed E-state index contributed by atoms with van der Waals surface area (Å²) in [5.74, 6) is -0.703. The van der Waals surface area contributed by atoms with Crippen LogP contribution in [0.15, 0.2) is 78.9 Å². The summed E-state index contributed by atoms with van der Waals surface area (Å²) in [5.41, 5.74) is 4.43. The third-order valence-corrected chi connectivity index (χ3v) is 5.16. The lowest BCUT2D eigenvalue weighted by atomic mass is 9.83. The van der Waals surface area contributed by atoms with Gasteiger partial charge in [0.2, 0.25) is 0 Å². The number of esters is 1. The molecule has 1 aliphatic rings. The number of benzene rings is 3. The molecule has 0 saturated carbocycles. The van der Waals surface area contributed by atoms with Crippen LogP contribution in [0.5, 0.6) is 0 Å². The monoisotopic (exact) mass is 411 g/mol. The van der Waals surface area contributed by atoms with Crippen molar-refractivity contribution in [3.63, 3.8) is 0 Å². The second-order valence-electron chi connectivity index (χ2n) is 7.42. The lowest BCUT2D eigenvalue weighted by Gasteiger charge is -2.20. The van der Waals surface area contributed by atoms with E-state index in [9.17, 15) is 14.4 Å². The zero-order valence-corrected chi connectivity index (χ0v) is 17.1. The largest absolute Gasteiger partial charge is 0.462 e.